The zero-order valence-corrected chi connectivity index (χ0v) is 6.97. The second-order valence-electron chi connectivity index (χ2n) is 2.31. The summed E-state index contributed by atoms with van der Waals surface area (Å²) in [6.45, 7) is -0.671. The molecule has 0 fully saturated rings. The highest BCUT2D eigenvalue weighted by Crippen LogP contribution is 2.20. The van der Waals surface area contributed by atoms with Gasteiger partial charge in [0.15, 0.2) is 11.9 Å². The van der Waals surface area contributed by atoms with E-state index in [0.29, 0.717) is 0 Å². The molecule has 0 aromatic carbocycles. The van der Waals surface area contributed by atoms with Crippen LogP contribution in [0.4, 0.5) is 0 Å². The second kappa shape index (κ2) is 4.08. The van der Waals surface area contributed by atoms with E-state index in [9.17, 15) is 4.79 Å². The van der Waals surface area contributed by atoms with Crippen LogP contribution in [0.5, 0.6) is 0 Å². The Kier molecular flexibility index (Phi) is 3.67. The molecule has 1 aliphatic heterocycles. The highest BCUT2D eigenvalue weighted by Gasteiger charge is 2.38. The van der Waals surface area contributed by atoms with Crippen LogP contribution in [0.15, 0.2) is 11.5 Å². The quantitative estimate of drug-likeness (QED) is 0.355. The topological polar surface area (TPSA) is 144 Å². The van der Waals surface area contributed by atoms with Crippen LogP contribution in [-0.2, 0) is 9.53 Å². The number of aliphatic hydroxyl groups is 4. The lowest BCUT2D eigenvalue weighted by Gasteiger charge is -2.13. The Bertz CT molecular complexity index is 237. The third-order valence-electron chi connectivity index (χ3n) is 1.48. The smallest absolute Gasteiger partial charge is 0.377 e. The summed E-state index contributed by atoms with van der Waals surface area (Å²) in [6, 6.07) is 0. The predicted molar refractivity (Wildman–Crippen MR) is 41.2 cm³/mol. The molecular formula is C6H12NO6+. The predicted octanol–water partition coefficient (Wildman–Crippen LogP) is -1.03. The first-order valence-electron chi connectivity index (χ1n) is 3.20. The number of hydrogen-bond donors (Lipinski definition) is 5. The first-order chi connectivity index (χ1) is 5.57. The van der Waals surface area contributed by atoms with E-state index in [1.165, 1.54) is 0 Å². The number of carbonyl (C=O) groups excluding carboxylic acids is 1. The van der Waals surface area contributed by atoms with Crippen LogP contribution in [0.25, 0.3) is 0 Å². The van der Waals surface area contributed by atoms with Gasteiger partial charge in [-0.3, -0.25) is 0 Å². The van der Waals surface area contributed by atoms with Crippen LogP contribution in [0.2, 0.25) is 0 Å². The fraction of sp³-hybridized carbons (Fsp3) is 0.500. The number of ether oxygens (including phenoxy) is 1. The minimum atomic E-state index is -1.42. The highest BCUT2D eigenvalue weighted by molar-refractivity contribution is 5.89. The van der Waals surface area contributed by atoms with Gasteiger partial charge in [0.25, 0.3) is 0 Å². The number of quaternary nitrogens is 1. The summed E-state index contributed by atoms with van der Waals surface area (Å²) >= 11 is 0. The molecular weight excluding hydrogens is 182 g/mol. The average Bonchev–Trinajstić information content (AvgIpc) is 2.32. The van der Waals surface area contributed by atoms with Crippen LogP contribution in [0.3, 0.4) is 0 Å². The minimum absolute atomic E-state index is 0. The molecule has 8 N–H and O–H groups in total. The number of carbonyl (C=O) groups is 1. The third-order valence-corrected chi connectivity index (χ3v) is 1.48. The Morgan fingerprint density at radius 1 is 1.46 bits per heavy atom. The van der Waals surface area contributed by atoms with E-state index in [1.54, 1.807) is 0 Å². The maximum Gasteiger partial charge on any atom is 0.377 e. The SMILES string of the molecule is O=C1O[C@H]([C@@H](O)CO)C(O)=C1O.[NH4+]. The largest absolute Gasteiger partial charge is 0.505 e. The van der Waals surface area contributed by atoms with Crippen LogP contribution >= 0.6 is 0 Å². The molecule has 7 nitrogen and oxygen atoms in total. The second-order valence-corrected chi connectivity index (χ2v) is 2.31. The van der Waals surface area contributed by atoms with Crippen molar-refractivity contribution in [3.63, 3.8) is 0 Å². The Labute approximate surface area is 73.5 Å². The van der Waals surface area contributed by atoms with Gasteiger partial charge in [0.05, 0.1) is 6.61 Å². The van der Waals surface area contributed by atoms with E-state index in [4.69, 9.17) is 20.4 Å². The molecule has 0 saturated heterocycles. The fourth-order valence-corrected chi connectivity index (χ4v) is 0.823. The van der Waals surface area contributed by atoms with Gasteiger partial charge in [0, 0.05) is 0 Å². The van der Waals surface area contributed by atoms with Crippen molar-refractivity contribution in [3.8, 4) is 0 Å². The van der Waals surface area contributed by atoms with Crippen molar-refractivity contribution in [1.82, 2.24) is 6.15 Å². The minimum Gasteiger partial charge on any atom is -0.505 e. The summed E-state index contributed by atoms with van der Waals surface area (Å²) in [5.41, 5.74) is 0. The van der Waals surface area contributed by atoms with Crippen molar-refractivity contribution < 1.29 is 30.0 Å². The van der Waals surface area contributed by atoms with Crippen LogP contribution in [0, 0.1) is 0 Å². The van der Waals surface area contributed by atoms with Gasteiger partial charge in [-0.05, 0) is 0 Å². The van der Waals surface area contributed by atoms with E-state index < -0.39 is 36.3 Å². The number of esters is 1. The molecule has 1 aliphatic rings. The molecule has 0 aromatic rings. The van der Waals surface area contributed by atoms with Gasteiger partial charge in [-0.25, -0.2) is 4.79 Å². The summed E-state index contributed by atoms with van der Waals surface area (Å²) in [6.07, 6.45) is -2.78. The molecule has 7 heteroatoms. The van der Waals surface area contributed by atoms with Crippen LogP contribution < -0.4 is 6.15 Å². The van der Waals surface area contributed by atoms with Gasteiger partial charge in [0.1, 0.15) is 6.10 Å². The van der Waals surface area contributed by atoms with E-state index >= 15 is 0 Å². The molecule has 0 radical (unpaired) electrons. The fourth-order valence-electron chi connectivity index (χ4n) is 0.823. The van der Waals surface area contributed by atoms with Crippen molar-refractivity contribution in [3.05, 3.63) is 11.5 Å². The van der Waals surface area contributed by atoms with Crippen molar-refractivity contribution in [2.24, 2.45) is 0 Å². The van der Waals surface area contributed by atoms with Gasteiger partial charge in [-0.15, -0.1) is 0 Å². The summed E-state index contributed by atoms with van der Waals surface area (Å²) in [5.74, 6) is -2.78. The molecule has 0 spiro atoms. The van der Waals surface area contributed by atoms with Gasteiger partial charge in [-0.1, -0.05) is 0 Å². The standard InChI is InChI=1S/C6H8O6.H3N/c7-1-2(8)5-3(9)4(10)6(11)12-5;/h2,5,7-10H,1H2;1H3/p+1/t2-,5+;/m0./s1. The zero-order chi connectivity index (χ0) is 9.30. The Balaban J connectivity index is 0.00000144. The lowest BCUT2D eigenvalue weighted by Crippen LogP contribution is -2.31. The van der Waals surface area contributed by atoms with E-state index in [0.717, 1.165) is 0 Å². The maximum absolute atomic E-state index is 10.5. The molecule has 2 atom stereocenters. The van der Waals surface area contributed by atoms with Gasteiger partial charge < -0.3 is 31.3 Å². The summed E-state index contributed by atoms with van der Waals surface area (Å²) in [4.78, 5) is 10.5. The average molecular weight is 194 g/mol. The number of hydrogen-bond acceptors (Lipinski definition) is 6. The van der Waals surface area contributed by atoms with Gasteiger partial charge >= 0.3 is 5.97 Å². The molecule has 0 bridgehead atoms. The van der Waals surface area contributed by atoms with E-state index in [1.807, 2.05) is 0 Å². The molecule has 76 valence electrons. The molecule has 0 amide bonds. The van der Waals surface area contributed by atoms with Crippen LogP contribution in [0.1, 0.15) is 0 Å². The molecule has 1 rings (SSSR count). The lowest BCUT2D eigenvalue weighted by atomic mass is 10.2. The third kappa shape index (κ3) is 1.89. The molecule has 0 saturated carbocycles. The lowest BCUT2D eigenvalue weighted by molar-refractivity contribution is -0.147. The van der Waals surface area contributed by atoms with Gasteiger partial charge in [0.2, 0.25) is 5.76 Å². The Morgan fingerprint density at radius 2 is 2.00 bits per heavy atom. The number of cyclic esters (lactones) is 1. The highest BCUT2D eigenvalue weighted by atomic mass is 16.6. The zero-order valence-electron chi connectivity index (χ0n) is 6.97. The Morgan fingerprint density at radius 3 is 2.31 bits per heavy atom. The van der Waals surface area contributed by atoms with Crippen molar-refractivity contribution in [1.29, 1.82) is 0 Å². The number of rotatable bonds is 2. The van der Waals surface area contributed by atoms with Crippen molar-refractivity contribution >= 4 is 5.97 Å². The summed E-state index contributed by atoms with van der Waals surface area (Å²) in [5, 5.41) is 35.0. The first-order valence-corrected chi connectivity index (χ1v) is 3.20. The van der Waals surface area contributed by atoms with Gasteiger partial charge in [-0.2, -0.15) is 0 Å². The summed E-state index contributed by atoms with van der Waals surface area (Å²) < 4.78 is 4.32. The molecule has 0 aromatic heterocycles. The molecule has 13 heavy (non-hydrogen) atoms. The Hall–Kier alpha value is -1.31. The molecule has 1 heterocycles. The maximum atomic E-state index is 10.5. The number of aliphatic hydroxyl groups excluding tert-OH is 4. The van der Waals surface area contributed by atoms with E-state index in [-0.39, 0.29) is 6.15 Å². The van der Waals surface area contributed by atoms with Crippen molar-refractivity contribution in [2.45, 2.75) is 12.2 Å². The molecule has 0 aliphatic carbocycles. The van der Waals surface area contributed by atoms with E-state index in [2.05, 4.69) is 4.74 Å². The molecule has 0 unspecified atom stereocenters. The summed E-state index contributed by atoms with van der Waals surface area (Å²) in [7, 11) is 0. The van der Waals surface area contributed by atoms with Crippen LogP contribution in [-0.4, -0.2) is 45.2 Å². The first kappa shape index (κ1) is 11.7. The normalized spacial score (nSPS) is 23.8. The monoisotopic (exact) mass is 194 g/mol. The van der Waals surface area contributed by atoms with Crippen molar-refractivity contribution in [2.75, 3.05) is 6.61 Å².